The molecule has 8 heteroatoms. The number of pyridine rings is 1. The number of ether oxygens (including phenoxy) is 1. The fourth-order valence-corrected chi connectivity index (χ4v) is 5.24. The minimum absolute atomic E-state index is 0.0470. The number of halogens is 1. The van der Waals surface area contributed by atoms with Crippen LogP contribution in [0.4, 0.5) is 4.39 Å². The zero-order valence-electron chi connectivity index (χ0n) is 18.9. The summed E-state index contributed by atoms with van der Waals surface area (Å²) in [6, 6.07) is 18.5. The summed E-state index contributed by atoms with van der Waals surface area (Å²) < 4.78 is 20.2. The van der Waals surface area contributed by atoms with Crippen LogP contribution in [0, 0.1) is 5.82 Å². The second-order valence-electron chi connectivity index (χ2n) is 8.08. The van der Waals surface area contributed by atoms with Crippen LogP contribution in [0.5, 0.6) is 5.75 Å². The molecule has 1 unspecified atom stereocenters. The van der Waals surface area contributed by atoms with Crippen molar-refractivity contribution in [1.82, 2.24) is 9.99 Å². The molecule has 0 saturated carbocycles. The Balaban J connectivity index is 1.53. The van der Waals surface area contributed by atoms with Gasteiger partial charge in [0.05, 0.1) is 28.8 Å². The van der Waals surface area contributed by atoms with E-state index in [0.717, 1.165) is 21.6 Å². The number of nitrogens with zero attached hydrogens (tertiary/aromatic N) is 3. The maximum absolute atomic E-state index is 14.8. The van der Waals surface area contributed by atoms with Gasteiger partial charge < -0.3 is 9.84 Å². The van der Waals surface area contributed by atoms with E-state index in [2.05, 4.69) is 10.1 Å². The average Bonchev–Trinajstić information content (AvgIpc) is 3.53. The Hall–Kier alpha value is -3.88. The third-order valence-electron chi connectivity index (χ3n) is 5.88. The molecule has 1 aliphatic rings. The van der Waals surface area contributed by atoms with Crippen LogP contribution in [0.25, 0.3) is 10.4 Å². The van der Waals surface area contributed by atoms with E-state index in [0.29, 0.717) is 17.2 Å². The molecule has 0 radical (unpaired) electrons. The van der Waals surface area contributed by atoms with Gasteiger partial charge in [0.2, 0.25) is 0 Å². The molecule has 1 N–H and O–H groups in total. The number of hydrazone groups is 1. The van der Waals surface area contributed by atoms with Crippen LogP contribution >= 0.6 is 11.3 Å². The minimum atomic E-state index is -0.787. The topological polar surface area (TPSA) is 75.0 Å². The monoisotopic (exact) mass is 487 g/mol. The van der Waals surface area contributed by atoms with Gasteiger partial charge in [0.1, 0.15) is 11.6 Å². The Morgan fingerprint density at radius 1 is 1.14 bits per heavy atom. The van der Waals surface area contributed by atoms with Gasteiger partial charge in [-0.3, -0.25) is 9.78 Å². The molecular formula is C27H22FN3O3S. The van der Waals surface area contributed by atoms with Gasteiger partial charge in [0, 0.05) is 36.4 Å². The van der Waals surface area contributed by atoms with Gasteiger partial charge in [-0.15, -0.1) is 11.3 Å². The van der Waals surface area contributed by atoms with Gasteiger partial charge in [-0.25, -0.2) is 9.40 Å². The number of phenols is 1. The lowest BCUT2D eigenvalue weighted by Gasteiger charge is -2.22. The number of carbonyl (C=O) groups is 1. The van der Waals surface area contributed by atoms with Crippen molar-refractivity contribution in [2.45, 2.75) is 19.1 Å². The second-order valence-corrected chi connectivity index (χ2v) is 9.17. The molecular weight excluding hydrogens is 465 g/mol. The number of amides is 1. The highest BCUT2D eigenvalue weighted by molar-refractivity contribution is 7.17. The number of phenolic OH excluding ortho intramolecular Hbond substituents is 1. The van der Waals surface area contributed by atoms with Gasteiger partial charge in [-0.2, -0.15) is 5.10 Å². The van der Waals surface area contributed by atoms with Crippen molar-refractivity contribution in [3.05, 3.63) is 107 Å². The first kappa shape index (κ1) is 22.9. The maximum Gasteiger partial charge on any atom is 0.284 e. The molecule has 2 aromatic carbocycles. The van der Waals surface area contributed by atoms with Crippen LogP contribution in [-0.4, -0.2) is 33.8 Å². The highest BCUT2D eigenvalue weighted by Gasteiger charge is 2.37. The predicted molar refractivity (Wildman–Crippen MR) is 133 cm³/mol. The molecule has 0 aliphatic carbocycles. The molecule has 35 heavy (non-hydrogen) atoms. The SMILES string of the molecule is COCc1ccccc1-c1ccc(C(=O)N2N=C(c3cccnc3)CC2c2c(O)cccc2F)s1. The van der Waals surface area contributed by atoms with Crippen molar-refractivity contribution >= 4 is 23.0 Å². The zero-order valence-corrected chi connectivity index (χ0v) is 19.7. The number of methoxy groups -OCH3 is 1. The normalized spacial score (nSPS) is 15.3. The summed E-state index contributed by atoms with van der Waals surface area (Å²) in [4.78, 5) is 19.2. The second kappa shape index (κ2) is 9.77. The summed E-state index contributed by atoms with van der Waals surface area (Å²) in [5, 5.41) is 16.3. The van der Waals surface area contributed by atoms with E-state index in [1.165, 1.54) is 34.5 Å². The lowest BCUT2D eigenvalue weighted by atomic mass is 9.97. The Bertz CT molecular complexity index is 1380. The maximum atomic E-state index is 14.8. The first-order valence-corrected chi connectivity index (χ1v) is 11.8. The van der Waals surface area contributed by atoms with Crippen molar-refractivity contribution in [1.29, 1.82) is 0 Å². The molecule has 0 bridgehead atoms. The van der Waals surface area contributed by atoms with Gasteiger partial charge in [0.25, 0.3) is 5.91 Å². The smallest absolute Gasteiger partial charge is 0.284 e. The van der Waals surface area contributed by atoms with E-state index in [-0.39, 0.29) is 23.6 Å². The largest absolute Gasteiger partial charge is 0.507 e. The summed E-state index contributed by atoms with van der Waals surface area (Å²) in [6.45, 7) is 0.455. The van der Waals surface area contributed by atoms with Crippen LogP contribution in [0.3, 0.4) is 0 Å². The number of carbonyl (C=O) groups excluding carboxylic acids is 1. The molecule has 4 aromatic rings. The molecule has 2 aromatic heterocycles. The van der Waals surface area contributed by atoms with Crippen LogP contribution < -0.4 is 0 Å². The summed E-state index contributed by atoms with van der Waals surface area (Å²) in [7, 11) is 1.64. The Kier molecular flexibility index (Phi) is 6.39. The van der Waals surface area contributed by atoms with E-state index in [1.807, 2.05) is 36.4 Å². The van der Waals surface area contributed by atoms with Crippen molar-refractivity contribution in [2.24, 2.45) is 5.10 Å². The van der Waals surface area contributed by atoms with Crippen LogP contribution in [0.1, 0.15) is 38.8 Å². The predicted octanol–water partition coefficient (Wildman–Crippen LogP) is 5.79. The third-order valence-corrected chi connectivity index (χ3v) is 6.98. The van der Waals surface area contributed by atoms with Crippen molar-refractivity contribution in [2.75, 3.05) is 7.11 Å². The van der Waals surface area contributed by atoms with Gasteiger partial charge in [-0.05, 0) is 41.5 Å². The molecule has 1 atom stereocenters. The van der Waals surface area contributed by atoms with Crippen LogP contribution in [-0.2, 0) is 11.3 Å². The number of hydrogen-bond donors (Lipinski definition) is 1. The Morgan fingerprint density at radius 2 is 2.00 bits per heavy atom. The minimum Gasteiger partial charge on any atom is -0.507 e. The fourth-order valence-electron chi connectivity index (χ4n) is 4.24. The summed E-state index contributed by atoms with van der Waals surface area (Å²) in [5.74, 6) is -1.16. The highest BCUT2D eigenvalue weighted by Crippen LogP contribution is 2.40. The number of aromatic nitrogens is 1. The summed E-state index contributed by atoms with van der Waals surface area (Å²) in [5.41, 5.74) is 3.39. The summed E-state index contributed by atoms with van der Waals surface area (Å²) >= 11 is 1.34. The summed E-state index contributed by atoms with van der Waals surface area (Å²) in [6.07, 6.45) is 3.55. The molecule has 6 nitrogen and oxygen atoms in total. The van der Waals surface area contributed by atoms with Crippen LogP contribution in [0.2, 0.25) is 0 Å². The first-order valence-electron chi connectivity index (χ1n) is 11.0. The van der Waals surface area contributed by atoms with E-state index in [4.69, 9.17) is 4.74 Å². The molecule has 0 fully saturated rings. The van der Waals surface area contributed by atoms with Crippen molar-refractivity contribution < 1.29 is 19.0 Å². The van der Waals surface area contributed by atoms with Gasteiger partial charge in [-0.1, -0.05) is 36.4 Å². The standard InChI is InChI=1S/C27H22FN3O3S/c1-34-16-18-6-2-3-8-19(18)24-11-12-25(35-24)27(33)31-22(26-20(28)9-4-10-23(26)32)14-21(30-31)17-7-5-13-29-15-17/h2-13,15,22,32H,14,16H2,1H3. The van der Waals surface area contributed by atoms with E-state index in [1.54, 1.807) is 31.6 Å². The Morgan fingerprint density at radius 3 is 2.77 bits per heavy atom. The lowest BCUT2D eigenvalue weighted by Crippen LogP contribution is -2.27. The molecule has 1 aliphatic heterocycles. The number of hydrogen-bond acceptors (Lipinski definition) is 6. The molecule has 176 valence electrons. The zero-order chi connectivity index (χ0) is 24.4. The quantitative estimate of drug-likeness (QED) is 0.373. The molecule has 5 rings (SSSR count). The fraction of sp³-hybridized carbons (Fsp3) is 0.148. The number of benzene rings is 2. The van der Waals surface area contributed by atoms with Crippen molar-refractivity contribution in [3.63, 3.8) is 0 Å². The number of thiophene rings is 1. The average molecular weight is 488 g/mol. The van der Waals surface area contributed by atoms with Crippen molar-refractivity contribution in [3.8, 4) is 16.2 Å². The third kappa shape index (κ3) is 4.45. The molecule has 3 heterocycles. The van der Waals surface area contributed by atoms with Gasteiger partial charge in [0.15, 0.2) is 0 Å². The molecule has 0 saturated heterocycles. The first-order chi connectivity index (χ1) is 17.1. The van der Waals surface area contributed by atoms with Crippen LogP contribution in [0.15, 0.2) is 84.2 Å². The lowest BCUT2D eigenvalue weighted by molar-refractivity contribution is 0.0712. The molecule has 1 amide bonds. The van der Waals surface area contributed by atoms with Gasteiger partial charge >= 0.3 is 0 Å². The number of aromatic hydroxyl groups is 1. The van der Waals surface area contributed by atoms with E-state index in [9.17, 15) is 14.3 Å². The van der Waals surface area contributed by atoms with E-state index >= 15 is 0 Å². The van der Waals surface area contributed by atoms with E-state index < -0.39 is 11.9 Å². The Labute approximate surface area is 206 Å². The number of rotatable bonds is 6. The molecule has 0 spiro atoms. The highest BCUT2D eigenvalue weighted by atomic mass is 32.1.